The van der Waals surface area contributed by atoms with E-state index < -0.39 is 10.0 Å². The normalized spacial score (nSPS) is 19.2. The van der Waals surface area contributed by atoms with Gasteiger partial charge in [0.05, 0.1) is 6.26 Å². The number of hydrogen-bond acceptors (Lipinski definition) is 6. The fourth-order valence-electron chi connectivity index (χ4n) is 2.54. The average Bonchev–Trinajstić information content (AvgIpc) is 2.58. The molecule has 1 saturated heterocycles. The maximum atomic E-state index is 11.0. The highest BCUT2D eigenvalue weighted by molar-refractivity contribution is 7.88. The number of sulfonamides is 1. The molecule has 0 aliphatic carbocycles. The smallest absolute Gasteiger partial charge is 0.225 e. The molecule has 0 aromatic carbocycles. The Morgan fingerprint density at radius 2 is 2.12 bits per heavy atom. The van der Waals surface area contributed by atoms with Crippen LogP contribution in [-0.2, 0) is 10.0 Å². The minimum atomic E-state index is -3.16. The number of aromatic nitrogens is 2. The van der Waals surface area contributed by atoms with Crippen LogP contribution in [0.2, 0.25) is 0 Å². The molecule has 1 aromatic heterocycles. The highest BCUT2D eigenvalue weighted by Crippen LogP contribution is 2.15. The van der Waals surface area contributed by atoms with E-state index in [0.717, 1.165) is 38.1 Å². The summed E-state index contributed by atoms with van der Waals surface area (Å²) in [5, 5.41) is 6.47. The van der Waals surface area contributed by atoms with Crippen molar-refractivity contribution in [1.82, 2.24) is 25.3 Å². The number of hydrogen-bond donors (Lipinski definition) is 3. The Balaban J connectivity index is 1.80. The topological polar surface area (TPSA) is 112 Å². The number of nitrogens with zero attached hydrogens (tertiary/aromatic N) is 4. The van der Waals surface area contributed by atoms with Crippen molar-refractivity contribution in [3.63, 3.8) is 0 Å². The van der Waals surface area contributed by atoms with E-state index in [1.54, 1.807) is 25.5 Å². The number of aliphatic imine (C=N–C) groups is 1. The third-order valence-electron chi connectivity index (χ3n) is 3.60. The van der Waals surface area contributed by atoms with Crippen LogP contribution in [0.25, 0.3) is 0 Å². The summed E-state index contributed by atoms with van der Waals surface area (Å²) in [7, 11) is -1.47. The standard InChI is InChI=1S/C14H25N7O2S/c1-15-13(16-8-9-19-24(2,22)23)20-12-5-3-10-21(11-12)14-17-6-4-7-18-14/h4,6-7,12,19H,3,5,8-11H2,1-2H3,(H2,15,16,20). The van der Waals surface area contributed by atoms with Gasteiger partial charge in [0.25, 0.3) is 0 Å². The number of nitrogens with one attached hydrogen (secondary N) is 3. The summed E-state index contributed by atoms with van der Waals surface area (Å²) < 4.78 is 24.5. The van der Waals surface area contributed by atoms with Crippen molar-refractivity contribution < 1.29 is 8.42 Å². The Labute approximate surface area is 143 Å². The quantitative estimate of drug-likeness (QED) is 0.346. The molecule has 134 valence electrons. The highest BCUT2D eigenvalue weighted by atomic mass is 32.2. The van der Waals surface area contributed by atoms with Crippen LogP contribution in [0.3, 0.4) is 0 Å². The minimum absolute atomic E-state index is 0.233. The second-order valence-corrected chi connectivity index (χ2v) is 7.48. The monoisotopic (exact) mass is 355 g/mol. The molecule has 1 aliphatic heterocycles. The lowest BCUT2D eigenvalue weighted by molar-refractivity contribution is 0.463. The van der Waals surface area contributed by atoms with Crippen molar-refractivity contribution in [2.24, 2.45) is 4.99 Å². The molecule has 1 atom stereocenters. The molecule has 1 fully saturated rings. The predicted octanol–water partition coefficient (Wildman–Crippen LogP) is -0.840. The molecule has 1 unspecified atom stereocenters. The van der Waals surface area contributed by atoms with Gasteiger partial charge in [0.2, 0.25) is 16.0 Å². The van der Waals surface area contributed by atoms with Crippen molar-refractivity contribution in [2.75, 3.05) is 44.4 Å². The number of guanidine groups is 1. The third kappa shape index (κ3) is 6.28. The Kier molecular flexibility index (Phi) is 6.73. The summed E-state index contributed by atoms with van der Waals surface area (Å²) in [6, 6.07) is 2.04. The third-order valence-corrected chi connectivity index (χ3v) is 4.33. The van der Waals surface area contributed by atoms with Crippen LogP contribution in [-0.4, -0.2) is 69.9 Å². The molecule has 3 N–H and O–H groups in total. The van der Waals surface area contributed by atoms with Gasteiger partial charge in [0.1, 0.15) is 0 Å². The fraction of sp³-hybridized carbons (Fsp3) is 0.643. The Morgan fingerprint density at radius 1 is 1.38 bits per heavy atom. The Morgan fingerprint density at radius 3 is 2.79 bits per heavy atom. The SMILES string of the molecule is CN=C(NCCNS(C)(=O)=O)NC1CCCN(c2ncccn2)C1. The number of anilines is 1. The molecule has 0 radical (unpaired) electrons. The van der Waals surface area contributed by atoms with E-state index in [0.29, 0.717) is 19.0 Å². The maximum absolute atomic E-state index is 11.0. The van der Waals surface area contributed by atoms with E-state index in [1.165, 1.54) is 0 Å². The van der Waals surface area contributed by atoms with Gasteiger partial charge in [-0.2, -0.15) is 0 Å². The molecule has 0 saturated carbocycles. The summed E-state index contributed by atoms with van der Waals surface area (Å²) in [5.74, 6) is 1.40. The Bertz CT molecular complexity index is 636. The number of rotatable bonds is 6. The van der Waals surface area contributed by atoms with Crippen molar-refractivity contribution >= 4 is 21.9 Å². The largest absolute Gasteiger partial charge is 0.355 e. The van der Waals surface area contributed by atoms with Crippen LogP contribution in [0.5, 0.6) is 0 Å². The van der Waals surface area contributed by atoms with Crippen molar-refractivity contribution in [3.8, 4) is 0 Å². The first-order valence-corrected chi connectivity index (χ1v) is 9.81. The minimum Gasteiger partial charge on any atom is -0.355 e. The van der Waals surface area contributed by atoms with E-state index in [2.05, 4.69) is 35.2 Å². The first kappa shape index (κ1) is 18.4. The van der Waals surface area contributed by atoms with Gasteiger partial charge in [-0.15, -0.1) is 0 Å². The van der Waals surface area contributed by atoms with Crippen LogP contribution < -0.4 is 20.3 Å². The predicted molar refractivity (Wildman–Crippen MR) is 94.6 cm³/mol. The van der Waals surface area contributed by atoms with Crippen LogP contribution >= 0.6 is 0 Å². The van der Waals surface area contributed by atoms with E-state index in [9.17, 15) is 8.42 Å². The molecule has 0 amide bonds. The molecular weight excluding hydrogens is 330 g/mol. The summed E-state index contributed by atoms with van der Waals surface area (Å²) in [6.45, 7) is 2.51. The molecule has 1 aliphatic rings. The van der Waals surface area contributed by atoms with Crippen LogP contribution in [0, 0.1) is 0 Å². The number of piperidine rings is 1. The zero-order valence-electron chi connectivity index (χ0n) is 14.1. The van der Waals surface area contributed by atoms with Crippen molar-refractivity contribution in [2.45, 2.75) is 18.9 Å². The van der Waals surface area contributed by atoms with E-state index in [1.807, 2.05) is 0 Å². The van der Waals surface area contributed by atoms with Crippen molar-refractivity contribution in [3.05, 3.63) is 18.5 Å². The molecule has 0 spiro atoms. The Hall–Kier alpha value is -1.94. The summed E-state index contributed by atoms with van der Waals surface area (Å²) in [5.41, 5.74) is 0. The first-order chi connectivity index (χ1) is 11.5. The average molecular weight is 355 g/mol. The molecule has 2 heterocycles. The van der Waals surface area contributed by atoms with Gasteiger partial charge >= 0.3 is 0 Å². The van der Waals surface area contributed by atoms with Gasteiger partial charge in [0.15, 0.2) is 5.96 Å². The van der Waals surface area contributed by atoms with Gasteiger partial charge in [-0.1, -0.05) is 0 Å². The molecule has 10 heteroatoms. The zero-order chi connectivity index (χ0) is 17.4. The van der Waals surface area contributed by atoms with Crippen LogP contribution in [0.15, 0.2) is 23.5 Å². The van der Waals surface area contributed by atoms with Gasteiger partial charge in [-0.25, -0.2) is 23.1 Å². The van der Waals surface area contributed by atoms with E-state index in [4.69, 9.17) is 0 Å². The maximum Gasteiger partial charge on any atom is 0.225 e. The second kappa shape index (κ2) is 8.78. The summed E-state index contributed by atoms with van der Waals surface area (Å²) in [4.78, 5) is 14.9. The lowest BCUT2D eigenvalue weighted by atomic mass is 10.1. The van der Waals surface area contributed by atoms with Gasteiger partial charge in [-0.3, -0.25) is 4.99 Å². The molecule has 24 heavy (non-hydrogen) atoms. The van der Waals surface area contributed by atoms with Crippen molar-refractivity contribution in [1.29, 1.82) is 0 Å². The zero-order valence-corrected chi connectivity index (χ0v) is 14.9. The lowest BCUT2D eigenvalue weighted by Gasteiger charge is -2.33. The molecule has 2 rings (SSSR count). The molecule has 0 bridgehead atoms. The van der Waals surface area contributed by atoms with Gasteiger partial charge < -0.3 is 15.5 Å². The van der Waals surface area contributed by atoms with E-state index >= 15 is 0 Å². The summed E-state index contributed by atoms with van der Waals surface area (Å²) in [6.07, 6.45) is 6.71. The highest BCUT2D eigenvalue weighted by Gasteiger charge is 2.22. The molecule has 9 nitrogen and oxygen atoms in total. The van der Waals surface area contributed by atoms with Gasteiger partial charge in [0, 0.05) is 51.7 Å². The van der Waals surface area contributed by atoms with Crippen LogP contribution in [0.4, 0.5) is 5.95 Å². The molecule has 1 aromatic rings. The second-order valence-electron chi connectivity index (χ2n) is 5.64. The van der Waals surface area contributed by atoms with Gasteiger partial charge in [-0.05, 0) is 18.9 Å². The fourth-order valence-corrected chi connectivity index (χ4v) is 3.01. The lowest BCUT2D eigenvalue weighted by Crippen LogP contribution is -2.52. The van der Waals surface area contributed by atoms with E-state index in [-0.39, 0.29) is 6.04 Å². The first-order valence-electron chi connectivity index (χ1n) is 7.92. The summed E-state index contributed by atoms with van der Waals surface area (Å²) >= 11 is 0. The molecular formula is C14H25N7O2S. The van der Waals surface area contributed by atoms with Crippen LogP contribution in [0.1, 0.15) is 12.8 Å².